The van der Waals surface area contributed by atoms with Crippen molar-refractivity contribution in [2.24, 2.45) is 0 Å². The third kappa shape index (κ3) is 3.14. The fourth-order valence-corrected chi connectivity index (χ4v) is 1.33. The van der Waals surface area contributed by atoms with Gasteiger partial charge >= 0.3 is 18.0 Å². The summed E-state index contributed by atoms with van der Waals surface area (Å²) in [6.07, 6.45) is -5.28. The molecule has 0 aromatic heterocycles. The molecule has 106 valence electrons. The van der Waals surface area contributed by atoms with Gasteiger partial charge < -0.3 is 9.47 Å². The molecule has 1 aromatic rings. The number of hydrogen-bond donors (Lipinski definition) is 0. The van der Waals surface area contributed by atoms with Crippen LogP contribution in [0.1, 0.15) is 15.9 Å². The van der Waals surface area contributed by atoms with Crippen LogP contribution in [0.5, 0.6) is 5.75 Å². The molecule has 7 nitrogen and oxygen atoms in total. The molecule has 0 heterocycles. The average molecular weight is 290 g/mol. The highest BCUT2D eigenvalue weighted by Crippen LogP contribution is 2.38. The fourth-order valence-electron chi connectivity index (χ4n) is 1.33. The zero-order chi connectivity index (χ0) is 15.5. The predicted molar refractivity (Wildman–Crippen MR) is 55.8 cm³/mol. The summed E-state index contributed by atoms with van der Waals surface area (Å²) in [4.78, 5) is 20.9. The molecule has 0 bridgehead atoms. The first kappa shape index (κ1) is 15.2. The standard InChI is InChI=1S/C10H5F3N2O5/c1-19-9(16)6-3-2-5(4-14)7(15(17)18)8(6)20-10(11,12)13/h2-3H,1H3. The third-order valence-corrected chi connectivity index (χ3v) is 2.06. The molecule has 0 aliphatic carbocycles. The van der Waals surface area contributed by atoms with Crippen LogP contribution in [0.25, 0.3) is 0 Å². The van der Waals surface area contributed by atoms with Crippen molar-refractivity contribution in [1.29, 1.82) is 5.26 Å². The van der Waals surface area contributed by atoms with Gasteiger partial charge in [-0.3, -0.25) is 10.1 Å². The van der Waals surface area contributed by atoms with Gasteiger partial charge in [0.1, 0.15) is 17.2 Å². The van der Waals surface area contributed by atoms with Gasteiger partial charge in [-0.05, 0) is 12.1 Å². The number of nitro benzene ring substituents is 1. The Hall–Kier alpha value is -2.83. The molecule has 20 heavy (non-hydrogen) atoms. The second-order valence-corrected chi connectivity index (χ2v) is 3.25. The number of carbonyl (C=O) groups is 1. The number of esters is 1. The Morgan fingerprint density at radius 1 is 1.45 bits per heavy atom. The Labute approximate surface area is 109 Å². The van der Waals surface area contributed by atoms with Gasteiger partial charge in [-0.1, -0.05) is 0 Å². The highest BCUT2D eigenvalue weighted by Gasteiger charge is 2.38. The van der Waals surface area contributed by atoms with E-state index >= 15 is 0 Å². The summed E-state index contributed by atoms with van der Waals surface area (Å²) in [5, 5.41) is 19.5. The van der Waals surface area contributed by atoms with Crippen LogP contribution in [-0.4, -0.2) is 24.4 Å². The summed E-state index contributed by atoms with van der Waals surface area (Å²) in [5.41, 5.74) is -2.75. The van der Waals surface area contributed by atoms with Crippen molar-refractivity contribution in [3.05, 3.63) is 33.4 Å². The molecular formula is C10H5F3N2O5. The number of methoxy groups -OCH3 is 1. The van der Waals surface area contributed by atoms with Gasteiger partial charge in [0, 0.05) is 0 Å². The minimum Gasteiger partial charge on any atom is -0.465 e. The zero-order valence-corrected chi connectivity index (χ0v) is 9.72. The monoisotopic (exact) mass is 290 g/mol. The van der Waals surface area contributed by atoms with Crippen LogP contribution >= 0.6 is 0 Å². The van der Waals surface area contributed by atoms with E-state index in [1.165, 1.54) is 6.07 Å². The SMILES string of the molecule is COC(=O)c1ccc(C#N)c([N+](=O)[O-])c1OC(F)(F)F. The molecule has 0 spiro atoms. The topological polar surface area (TPSA) is 102 Å². The maximum absolute atomic E-state index is 12.3. The smallest absolute Gasteiger partial charge is 0.465 e. The van der Waals surface area contributed by atoms with Crippen molar-refractivity contribution in [3.8, 4) is 11.8 Å². The van der Waals surface area contributed by atoms with E-state index in [-0.39, 0.29) is 0 Å². The van der Waals surface area contributed by atoms with Crippen LogP contribution in [0.15, 0.2) is 12.1 Å². The van der Waals surface area contributed by atoms with Crippen molar-refractivity contribution in [3.63, 3.8) is 0 Å². The summed E-state index contributed by atoms with van der Waals surface area (Å²) in [6, 6.07) is 2.95. The van der Waals surface area contributed by atoms with Gasteiger partial charge in [0.2, 0.25) is 5.75 Å². The minimum atomic E-state index is -5.28. The van der Waals surface area contributed by atoms with Crippen molar-refractivity contribution in [1.82, 2.24) is 0 Å². The lowest BCUT2D eigenvalue weighted by Crippen LogP contribution is -2.20. The third-order valence-electron chi connectivity index (χ3n) is 2.06. The predicted octanol–water partition coefficient (Wildman–Crippen LogP) is 2.15. The average Bonchev–Trinajstić information content (AvgIpc) is 2.34. The Balaban J connectivity index is 3.64. The second kappa shape index (κ2) is 5.43. The number of hydrogen-bond acceptors (Lipinski definition) is 6. The number of nitriles is 1. The highest BCUT2D eigenvalue weighted by molar-refractivity contribution is 5.94. The molecule has 0 unspecified atom stereocenters. The van der Waals surface area contributed by atoms with Crippen LogP contribution in [-0.2, 0) is 4.74 Å². The minimum absolute atomic E-state index is 0.679. The molecule has 10 heteroatoms. The Morgan fingerprint density at radius 2 is 2.05 bits per heavy atom. The second-order valence-electron chi connectivity index (χ2n) is 3.25. The first-order valence-electron chi connectivity index (χ1n) is 4.76. The van der Waals surface area contributed by atoms with E-state index in [4.69, 9.17) is 5.26 Å². The molecule has 1 aromatic carbocycles. The van der Waals surface area contributed by atoms with E-state index in [2.05, 4.69) is 9.47 Å². The van der Waals surface area contributed by atoms with Gasteiger partial charge in [0.05, 0.1) is 12.0 Å². The number of benzene rings is 1. The van der Waals surface area contributed by atoms with Gasteiger partial charge in [-0.15, -0.1) is 13.2 Å². The molecule has 0 N–H and O–H groups in total. The summed E-state index contributed by atoms with van der Waals surface area (Å²) >= 11 is 0. The Morgan fingerprint density at radius 3 is 2.45 bits per heavy atom. The molecule has 0 aliphatic heterocycles. The van der Waals surface area contributed by atoms with Gasteiger partial charge in [-0.2, -0.15) is 5.26 Å². The summed E-state index contributed by atoms with van der Waals surface area (Å²) in [7, 11) is 0.879. The molecule has 0 radical (unpaired) electrons. The Kier molecular flexibility index (Phi) is 4.14. The quantitative estimate of drug-likeness (QED) is 0.480. The van der Waals surface area contributed by atoms with Gasteiger partial charge in [0.15, 0.2) is 0 Å². The number of carbonyl (C=O) groups excluding carboxylic acids is 1. The van der Waals surface area contributed by atoms with E-state index in [1.54, 1.807) is 0 Å². The van der Waals surface area contributed by atoms with Crippen molar-refractivity contribution >= 4 is 11.7 Å². The zero-order valence-electron chi connectivity index (χ0n) is 9.72. The molecule has 1 rings (SSSR count). The lowest BCUT2D eigenvalue weighted by Gasteiger charge is -2.12. The first-order chi connectivity index (χ1) is 9.21. The fraction of sp³-hybridized carbons (Fsp3) is 0.200. The number of rotatable bonds is 3. The van der Waals surface area contributed by atoms with Gasteiger partial charge in [0.25, 0.3) is 0 Å². The van der Waals surface area contributed by atoms with Crippen LogP contribution in [0, 0.1) is 21.4 Å². The summed E-state index contributed by atoms with van der Waals surface area (Å²) in [5.74, 6) is -2.65. The normalized spacial score (nSPS) is 10.6. The number of alkyl halides is 3. The van der Waals surface area contributed by atoms with Crippen LogP contribution in [0.2, 0.25) is 0 Å². The maximum atomic E-state index is 12.3. The molecule has 0 fully saturated rings. The molecule has 0 atom stereocenters. The number of halogens is 3. The van der Waals surface area contributed by atoms with Crippen LogP contribution in [0.3, 0.4) is 0 Å². The van der Waals surface area contributed by atoms with Crippen LogP contribution in [0.4, 0.5) is 18.9 Å². The molecular weight excluding hydrogens is 285 g/mol. The largest absolute Gasteiger partial charge is 0.573 e. The number of ether oxygens (including phenoxy) is 2. The molecule has 0 saturated carbocycles. The van der Waals surface area contributed by atoms with Crippen molar-refractivity contribution < 1.29 is 32.4 Å². The molecule has 0 aliphatic rings. The first-order valence-corrected chi connectivity index (χ1v) is 4.76. The number of nitrogens with zero attached hydrogens (tertiary/aromatic N) is 2. The van der Waals surface area contributed by atoms with Crippen LogP contribution < -0.4 is 4.74 Å². The van der Waals surface area contributed by atoms with E-state index in [1.807, 2.05) is 0 Å². The number of nitro groups is 1. The Bertz CT molecular complexity index is 606. The maximum Gasteiger partial charge on any atom is 0.573 e. The van der Waals surface area contributed by atoms with Crippen molar-refractivity contribution in [2.75, 3.05) is 7.11 Å². The van der Waals surface area contributed by atoms with Gasteiger partial charge in [-0.25, -0.2) is 4.79 Å². The lowest BCUT2D eigenvalue weighted by molar-refractivity contribution is -0.389. The van der Waals surface area contributed by atoms with E-state index < -0.39 is 39.8 Å². The summed E-state index contributed by atoms with van der Waals surface area (Å²) < 4.78 is 44.6. The highest BCUT2D eigenvalue weighted by atomic mass is 19.4. The van der Waals surface area contributed by atoms with E-state index in [0.29, 0.717) is 0 Å². The molecule has 0 saturated heterocycles. The molecule has 0 amide bonds. The summed E-state index contributed by atoms with van der Waals surface area (Å²) in [6.45, 7) is 0. The van der Waals surface area contributed by atoms with E-state index in [0.717, 1.165) is 19.2 Å². The van der Waals surface area contributed by atoms with E-state index in [9.17, 15) is 28.1 Å². The lowest BCUT2D eigenvalue weighted by atomic mass is 10.1. The van der Waals surface area contributed by atoms with Crippen molar-refractivity contribution in [2.45, 2.75) is 6.36 Å².